The van der Waals surface area contributed by atoms with E-state index in [2.05, 4.69) is 25.5 Å². The number of carbonyl (C=O) groups is 1. The molecule has 0 spiro atoms. The second-order valence-corrected chi connectivity index (χ2v) is 5.20. The molecule has 1 aliphatic heterocycles. The highest BCUT2D eigenvalue weighted by atomic mass is 35.5. The molecule has 1 fully saturated rings. The van der Waals surface area contributed by atoms with Gasteiger partial charge in [0.05, 0.1) is 12.1 Å². The summed E-state index contributed by atoms with van der Waals surface area (Å²) in [5.41, 5.74) is 0. The van der Waals surface area contributed by atoms with Crippen molar-refractivity contribution in [1.29, 1.82) is 0 Å². The summed E-state index contributed by atoms with van der Waals surface area (Å²) >= 11 is 6.20. The van der Waals surface area contributed by atoms with Crippen molar-refractivity contribution in [3.8, 4) is 0 Å². The van der Waals surface area contributed by atoms with Crippen molar-refractivity contribution in [3.05, 3.63) is 11.2 Å². The lowest BCUT2D eigenvalue weighted by atomic mass is 9.97. The molecule has 2 heterocycles. The summed E-state index contributed by atoms with van der Waals surface area (Å²) in [7, 11) is 1.67. The highest BCUT2D eigenvalue weighted by molar-refractivity contribution is 6.32. The summed E-state index contributed by atoms with van der Waals surface area (Å²) in [4.78, 5) is 22.4. The molecule has 0 aromatic carbocycles. The van der Waals surface area contributed by atoms with Crippen LogP contribution in [0.3, 0.4) is 0 Å². The van der Waals surface area contributed by atoms with Crippen LogP contribution < -0.4 is 15.5 Å². The number of piperidine rings is 1. The number of aromatic nitrogens is 2. The number of amides is 1. The van der Waals surface area contributed by atoms with E-state index in [-0.39, 0.29) is 11.8 Å². The number of nitrogens with one attached hydrogen (secondary N) is 2. The Morgan fingerprint density at radius 3 is 3.10 bits per heavy atom. The van der Waals surface area contributed by atoms with Crippen molar-refractivity contribution >= 4 is 29.3 Å². The number of hydrogen-bond acceptors (Lipinski definition) is 5. The van der Waals surface area contributed by atoms with Crippen molar-refractivity contribution in [1.82, 2.24) is 15.3 Å². The number of anilines is 2. The third kappa shape index (κ3) is 3.30. The lowest BCUT2D eigenvalue weighted by Crippen LogP contribution is -2.42. The highest BCUT2D eigenvalue weighted by Gasteiger charge is 2.27. The van der Waals surface area contributed by atoms with E-state index in [1.165, 1.54) is 0 Å². The molecule has 6 nitrogen and oxygen atoms in total. The normalized spacial score (nSPS) is 18.8. The molecule has 2 N–H and O–H groups in total. The third-order valence-corrected chi connectivity index (χ3v) is 3.67. The van der Waals surface area contributed by atoms with Gasteiger partial charge in [-0.05, 0) is 19.8 Å². The molecule has 110 valence electrons. The molecule has 0 saturated carbocycles. The van der Waals surface area contributed by atoms with Crippen LogP contribution in [0.2, 0.25) is 5.02 Å². The Balaban J connectivity index is 2.17. The van der Waals surface area contributed by atoms with E-state index in [0.29, 0.717) is 23.3 Å². The van der Waals surface area contributed by atoms with E-state index >= 15 is 0 Å². The predicted molar refractivity (Wildman–Crippen MR) is 80.2 cm³/mol. The van der Waals surface area contributed by atoms with Crippen LogP contribution in [0, 0.1) is 5.92 Å². The summed E-state index contributed by atoms with van der Waals surface area (Å²) in [6.45, 7) is 4.24. The minimum absolute atomic E-state index is 0.0117. The van der Waals surface area contributed by atoms with Crippen LogP contribution in [0.4, 0.5) is 11.8 Å². The molecule has 2 rings (SSSR count). The van der Waals surface area contributed by atoms with Crippen LogP contribution in [0.1, 0.15) is 19.8 Å². The largest absolute Gasteiger partial charge is 0.359 e. The summed E-state index contributed by atoms with van der Waals surface area (Å²) in [5.74, 6) is 1.33. The molecule has 0 radical (unpaired) electrons. The molecule has 1 aromatic heterocycles. The zero-order valence-corrected chi connectivity index (χ0v) is 12.6. The highest BCUT2D eigenvalue weighted by Crippen LogP contribution is 2.28. The topological polar surface area (TPSA) is 70.2 Å². The van der Waals surface area contributed by atoms with E-state index < -0.39 is 0 Å². The van der Waals surface area contributed by atoms with Crippen LogP contribution in [-0.4, -0.2) is 42.6 Å². The first kappa shape index (κ1) is 14.8. The van der Waals surface area contributed by atoms with E-state index in [4.69, 9.17) is 11.6 Å². The molecule has 7 heteroatoms. The first-order valence-corrected chi connectivity index (χ1v) is 7.26. The molecular formula is C13H20ClN5O. The smallest absolute Gasteiger partial charge is 0.224 e. The Morgan fingerprint density at radius 1 is 1.60 bits per heavy atom. The van der Waals surface area contributed by atoms with Crippen molar-refractivity contribution in [2.75, 3.05) is 36.9 Å². The molecule has 1 saturated heterocycles. The van der Waals surface area contributed by atoms with Gasteiger partial charge in [0.15, 0.2) is 5.82 Å². The van der Waals surface area contributed by atoms with Crippen LogP contribution in [0.25, 0.3) is 0 Å². The lowest BCUT2D eigenvalue weighted by molar-refractivity contribution is -0.124. The first-order chi connectivity index (χ1) is 9.65. The van der Waals surface area contributed by atoms with Gasteiger partial charge in [0, 0.05) is 26.7 Å². The van der Waals surface area contributed by atoms with Gasteiger partial charge in [0.2, 0.25) is 11.9 Å². The number of halogens is 1. The molecule has 1 aromatic rings. The second-order valence-electron chi connectivity index (χ2n) is 4.79. The van der Waals surface area contributed by atoms with Crippen molar-refractivity contribution in [2.45, 2.75) is 19.8 Å². The summed E-state index contributed by atoms with van der Waals surface area (Å²) in [5, 5.41) is 6.30. The lowest BCUT2D eigenvalue weighted by Gasteiger charge is -2.33. The van der Waals surface area contributed by atoms with Crippen LogP contribution in [0.5, 0.6) is 0 Å². The fourth-order valence-electron chi connectivity index (χ4n) is 2.41. The minimum atomic E-state index is -0.0117. The number of hydrogen-bond donors (Lipinski definition) is 2. The number of nitrogens with zero attached hydrogens (tertiary/aromatic N) is 3. The molecule has 20 heavy (non-hydrogen) atoms. The predicted octanol–water partition coefficient (Wildman–Crippen LogP) is 1.52. The Bertz CT molecular complexity index is 482. The van der Waals surface area contributed by atoms with Gasteiger partial charge in [-0.25, -0.2) is 4.98 Å². The van der Waals surface area contributed by atoms with Crippen LogP contribution in [0.15, 0.2) is 6.20 Å². The van der Waals surface area contributed by atoms with Crippen molar-refractivity contribution < 1.29 is 4.79 Å². The van der Waals surface area contributed by atoms with Gasteiger partial charge < -0.3 is 15.5 Å². The molecule has 1 aliphatic rings. The maximum atomic E-state index is 11.8. The fraction of sp³-hybridized carbons (Fsp3) is 0.615. The average Bonchev–Trinajstić information content (AvgIpc) is 2.49. The molecule has 1 atom stereocenters. The summed E-state index contributed by atoms with van der Waals surface area (Å²) < 4.78 is 0. The number of rotatable bonds is 4. The van der Waals surface area contributed by atoms with Crippen LogP contribution in [-0.2, 0) is 4.79 Å². The molecule has 1 amide bonds. The molecule has 0 aliphatic carbocycles. The maximum absolute atomic E-state index is 11.8. The third-order valence-electron chi connectivity index (χ3n) is 3.40. The van der Waals surface area contributed by atoms with Crippen molar-refractivity contribution in [2.24, 2.45) is 5.92 Å². The van der Waals surface area contributed by atoms with E-state index in [1.54, 1.807) is 13.2 Å². The monoisotopic (exact) mass is 297 g/mol. The Hall–Kier alpha value is -1.56. The van der Waals surface area contributed by atoms with Gasteiger partial charge in [-0.3, -0.25) is 4.79 Å². The molecular weight excluding hydrogens is 278 g/mol. The SMILES string of the molecule is CCNc1ncc(Cl)c(N2CCCC(C(=O)NC)C2)n1. The van der Waals surface area contributed by atoms with E-state index in [0.717, 1.165) is 25.9 Å². The van der Waals surface area contributed by atoms with Crippen molar-refractivity contribution in [3.63, 3.8) is 0 Å². The molecule has 1 unspecified atom stereocenters. The van der Waals surface area contributed by atoms with Gasteiger partial charge in [-0.15, -0.1) is 0 Å². The van der Waals surface area contributed by atoms with E-state index in [1.807, 2.05) is 6.92 Å². The standard InChI is InChI=1S/C13H20ClN5O/c1-3-16-13-17-7-10(14)11(18-13)19-6-4-5-9(8-19)12(20)15-2/h7,9H,3-6,8H2,1-2H3,(H,15,20)(H,16,17,18). The van der Waals surface area contributed by atoms with Gasteiger partial charge in [0.25, 0.3) is 0 Å². The van der Waals surface area contributed by atoms with Crippen LogP contribution >= 0.6 is 11.6 Å². The number of carbonyl (C=O) groups excluding carboxylic acids is 1. The Labute approximate surface area is 123 Å². The fourth-order valence-corrected chi connectivity index (χ4v) is 2.62. The average molecular weight is 298 g/mol. The zero-order chi connectivity index (χ0) is 14.5. The Morgan fingerprint density at radius 2 is 2.40 bits per heavy atom. The van der Waals surface area contributed by atoms with Gasteiger partial charge in [0.1, 0.15) is 5.02 Å². The van der Waals surface area contributed by atoms with Gasteiger partial charge in [-0.1, -0.05) is 11.6 Å². The second kappa shape index (κ2) is 6.74. The quantitative estimate of drug-likeness (QED) is 0.882. The first-order valence-electron chi connectivity index (χ1n) is 6.88. The molecule has 0 bridgehead atoms. The summed E-state index contributed by atoms with van der Waals surface area (Å²) in [6, 6.07) is 0. The minimum Gasteiger partial charge on any atom is -0.359 e. The van der Waals surface area contributed by atoms with E-state index in [9.17, 15) is 4.79 Å². The Kier molecular flexibility index (Phi) is 5.00. The van der Waals surface area contributed by atoms with Gasteiger partial charge in [-0.2, -0.15) is 4.98 Å². The summed E-state index contributed by atoms with van der Waals surface area (Å²) in [6.07, 6.45) is 3.46. The van der Waals surface area contributed by atoms with Gasteiger partial charge >= 0.3 is 0 Å². The maximum Gasteiger partial charge on any atom is 0.224 e. The zero-order valence-electron chi connectivity index (χ0n) is 11.8.